The van der Waals surface area contributed by atoms with Crippen LogP contribution in [0.15, 0.2) is 30.9 Å². The van der Waals surface area contributed by atoms with Crippen LogP contribution in [0.4, 0.5) is 5.69 Å². The molecule has 2 heterocycles. The van der Waals surface area contributed by atoms with E-state index in [1.807, 2.05) is 0 Å². The molecule has 0 spiro atoms. The van der Waals surface area contributed by atoms with Gasteiger partial charge in [-0.3, -0.25) is 9.78 Å². The zero-order chi connectivity index (χ0) is 12.8. The molecule has 6 nitrogen and oxygen atoms in total. The zero-order valence-corrected chi connectivity index (χ0v) is 9.89. The fourth-order valence-electron chi connectivity index (χ4n) is 1.58. The minimum absolute atomic E-state index is 0.194. The Morgan fingerprint density at radius 3 is 3.06 bits per heavy atom. The van der Waals surface area contributed by atoms with Gasteiger partial charge < -0.3 is 16.0 Å². The molecular formula is C12H15N5O. The lowest BCUT2D eigenvalue weighted by Gasteiger charge is -2.06. The summed E-state index contributed by atoms with van der Waals surface area (Å²) in [7, 11) is 0. The third kappa shape index (κ3) is 3.07. The lowest BCUT2D eigenvalue weighted by molar-refractivity contribution is 0.0953. The van der Waals surface area contributed by atoms with E-state index in [4.69, 9.17) is 5.73 Å². The van der Waals surface area contributed by atoms with E-state index in [1.54, 1.807) is 24.7 Å². The van der Waals surface area contributed by atoms with Crippen LogP contribution in [0.5, 0.6) is 0 Å². The number of nitrogens with one attached hydrogen (secondary N) is 2. The molecule has 94 valence electrons. The molecule has 6 heteroatoms. The van der Waals surface area contributed by atoms with Gasteiger partial charge in [0.25, 0.3) is 5.91 Å². The predicted octanol–water partition coefficient (Wildman–Crippen LogP) is 0.749. The Bertz CT molecular complexity index is 509. The van der Waals surface area contributed by atoms with Gasteiger partial charge in [-0.05, 0) is 12.5 Å². The van der Waals surface area contributed by atoms with Crippen molar-refractivity contribution in [3.63, 3.8) is 0 Å². The summed E-state index contributed by atoms with van der Waals surface area (Å²) in [5.41, 5.74) is 6.54. The number of rotatable bonds is 5. The minimum atomic E-state index is -0.194. The summed E-state index contributed by atoms with van der Waals surface area (Å²) in [6.07, 6.45) is 8.14. The first kappa shape index (κ1) is 12.1. The number of amides is 1. The number of carbonyl (C=O) groups is 1. The highest BCUT2D eigenvalue weighted by atomic mass is 16.1. The Morgan fingerprint density at radius 2 is 2.33 bits per heavy atom. The normalized spacial score (nSPS) is 10.2. The monoisotopic (exact) mass is 245 g/mol. The van der Waals surface area contributed by atoms with E-state index in [0.29, 0.717) is 17.8 Å². The number of pyridine rings is 1. The first-order valence-corrected chi connectivity index (χ1v) is 5.73. The second-order valence-corrected chi connectivity index (χ2v) is 3.86. The molecule has 2 aromatic heterocycles. The van der Waals surface area contributed by atoms with E-state index in [-0.39, 0.29) is 5.91 Å². The number of nitrogens with zero attached hydrogens (tertiary/aromatic N) is 2. The van der Waals surface area contributed by atoms with Crippen molar-refractivity contribution in [2.45, 2.75) is 12.8 Å². The molecular weight excluding hydrogens is 230 g/mol. The van der Waals surface area contributed by atoms with Crippen molar-refractivity contribution in [1.29, 1.82) is 0 Å². The zero-order valence-electron chi connectivity index (χ0n) is 9.89. The Morgan fingerprint density at radius 1 is 1.44 bits per heavy atom. The van der Waals surface area contributed by atoms with Gasteiger partial charge in [0.2, 0.25) is 0 Å². The van der Waals surface area contributed by atoms with E-state index in [0.717, 1.165) is 18.7 Å². The SMILES string of the molecule is Nc1ccncc1C(=O)NCCCc1ncc[nH]1. The van der Waals surface area contributed by atoms with Crippen LogP contribution in [0, 0.1) is 0 Å². The summed E-state index contributed by atoms with van der Waals surface area (Å²) < 4.78 is 0. The molecule has 4 N–H and O–H groups in total. The number of hydrogen-bond donors (Lipinski definition) is 3. The summed E-state index contributed by atoms with van der Waals surface area (Å²) in [6, 6.07) is 1.61. The molecule has 0 bridgehead atoms. The van der Waals surface area contributed by atoms with Gasteiger partial charge in [0.05, 0.1) is 5.56 Å². The number of aryl methyl sites for hydroxylation is 1. The molecule has 0 aliphatic rings. The Balaban J connectivity index is 1.77. The molecule has 0 saturated carbocycles. The van der Waals surface area contributed by atoms with Gasteiger partial charge in [-0.15, -0.1) is 0 Å². The number of nitrogens with two attached hydrogens (primary N) is 1. The summed E-state index contributed by atoms with van der Waals surface area (Å²) in [5.74, 6) is 0.727. The van der Waals surface area contributed by atoms with Crippen LogP contribution >= 0.6 is 0 Å². The van der Waals surface area contributed by atoms with Crippen molar-refractivity contribution in [2.75, 3.05) is 12.3 Å². The maximum absolute atomic E-state index is 11.8. The number of nitrogen functional groups attached to an aromatic ring is 1. The number of imidazole rings is 1. The van der Waals surface area contributed by atoms with Gasteiger partial charge in [-0.2, -0.15) is 0 Å². The second kappa shape index (κ2) is 5.81. The number of carbonyl (C=O) groups excluding carboxylic acids is 1. The number of aromatic nitrogens is 3. The lowest BCUT2D eigenvalue weighted by atomic mass is 10.2. The number of H-pyrrole nitrogens is 1. The predicted molar refractivity (Wildman–Crippen MR) is 67.9 cm³/mol. The van der Waals surface area contributed by atoms with E-state index in [1.165, 1.54) is 6.20 Å². The summed E-state index contributed by atoms with van der Waals surface area (Å²) in [6.45, 7) is 0.577. The average Bonchev–Trinajstić information content (AvgIpc) is 2.88. The highest BCUT2D eigenvalue weighted by molar-refractivity contribution is 5.98. The van der Waals surface area contributed by atoms with Gasteiger partial charge in [-0.1, -0.05) is 0 Å². The quantitative estimate of drug-likeness (QED) is 0.677. The van der Waals surface area contributed by atoms with Gasteiger partial charge in [0, 0.05) is 43.4 Å². The maximum Gasteiger partial charge on any atom is 0.254 e. The number of hydrogen-bond acceptors (Lipinski definition) is 4. The maximum atomic E-state index is 11.8. The van der Waals surface area contributed by atoms with Crippen LogP contribution in [0.25, 0.3) is 0 Å². The molecule has 0 aromatic carbocycles. The van der Waals surface area contributed by atoms with Gasteiger partial charge in [-0.25, -0.2) is 4.98 Å². The molecule has 18 heavy (non-hydrogen) atoms. The topological polar surface area (TPSA) is 96.7 Å². The fraction of sp³-hybridized carbons (Fsp3) is 0.250. The molecule has 0 aliphatic carbocycles. The smallest absolute Gasteiger partial charge is 0.254 e. The van der Waals surface area contributed by atoms with Crippen LogP contribution < -0.4 is 11.1 Å². The third-order valence-electron chi connectivity index (χ3n) is 2.53. The van der Waals surface area contributed by atoms with Crippen LogP contribution in [0.2, 0.25) is 0 Å². The van der Waals surface area contributed by atoms with Crippen LogP contribution in [-0.4, -0.2) is 27.4 Å². The van der Waals surface area contributed by atoms with Crippen molar-refractivity contribution >= 4 is 11.6 Å². The van der Waals surface area contributed by atoms with Crippen LogP contribution in [0.1, 0.15) is 22.6 Å². The highest BCUT2D eigenvalue weighted by Gasteiger charge is 2.08. The standard InChI is InChI=1S/C12H15N5O/c13-10-3-5-14-8-9(10)12(18)17-4-1-2-11-15-6-7-16-11/h3,5-8H,1-2,4H2,(H2,13,14)(H,15,16)(H,17,18). The molecule has 0 aliphatic heterocycles. The Labute approximate surface area is 105 Å². The third-order valence-corrected chi connectivity index (χ3v) is 2.53. The Kier molecular flexibility index (Phi) is 3.90. The van der Waals surface area contributed by atoms with E-state index >= 15 is 0 Å². The van der Waals surface area contributed by atoms with E-state index < -0.39 is 0 Å². The average molecular weight is 245 g/mol. The molecule has 0 radical (unpaired) electrons. The van der Waals surface area contributed by atoms with Gasteiger partial charge in [0.1, 0.15) is 5.82 Å². The van der Waals surface area contributed by atoms with E-state index in [2.05, 4.69) is 20.3 Å². The molecule has 2 aromatic rings. The van der Waals surface area contributed by atoms with Crippen molar-refractivity contribution in [2.24, 2.45) is 0 Å². The van der Waals surface area contributed by atoms with Gasteiger partial charge >= 0.3 is 0 Å². The van der Waals surface area contributed by atoms with Crippen molar-refractivity contribution in [3.8, 4) is 0 Å². The van der Waals surface area contributed by atoms with Crippen molar-refractivity contribution < 1.29 is 4.79 Å². The molecule has 0 saturated heterocycles. The summed E-state index contributed by atoms with van der Waals surface area (Å²) in [5, 5.41) is 2.80. The summed E-state index contributed by atoms with van der Waals surface area (Å²) in [4.78, 5) is 22.8. The van der Waals surface area contributed by atoms with Crippen molar-refractivity contribution in [1.82, 2.24) is 20.3 Å². The molecule has 2 rings (SSSR count). The minimum Gasteiger partial charge on any atom is -0.398 e. The summed E-state index contributed by atoms with van der Waals surface area (Å²) >= 11 is 0. The first-order valence-electron chi connectivity index (χ1n) is 5.73. The highest BCUT2D eigenvalue weighted by Crippen LogP contribution is 2.07. The molecule has 0 atom stereocenters. The first-order chi connectivity index (χ1) is 8.77. The van der Waals surface area contributed by atoms with Gasteiger partial charge in [0.15, 0.2) is 0 Å². The molecule has 0 unspecified atom stereocenters. The van der Waals surface area contributed by atoms with Crippen LogP contribution in [-0.2, 0) is 6.42 Å². The molecule has 1 amide bonds. The fourth-order valence-corrected chi connectivity index (χ4v) is 1.58. The second-order valence-electron chi connectivity index (χ2n) is 3.86. The Hall–Kier alpha value is -2.37. The van der Waals surface area contributed by atoms with E-state index in [9.17, 15) is 4.79 Å². The van der Waals surface area contributed by atoms with Crippen molar-refractivity contribution in [3.05, 3.63) is 42.2 Å². The number of anilines is 1. The number of aromatic amines is 1. The molecule has 0 fully saturated rings. The van der Waals surface area contributed by atoms with Crippen LogP contribution in [0.3, 0.4) is 0 Å². The largest absolute Gasteiger partial charge is 0.398 e. The lowest BCUT2D eigenvalue weighted by Crippen LogP contribution is -2.25.